The van der Waals surface area contributed by atoms with E-state index in [2.05, 4.69) is 34.5 Å². The van der Waals surface area contributed by atoms with Crippen molar-refractivity contribution in [3.63, 3.8) is 0 Å². The number of benzene rings is 2. The lowest BCUT2D eigenvalue weighted by Crippen LogP contribution is -2.34. The van der Waals surface area contributed by atoms with Crippen LogP contribution in [0.4, 0.5) is 10.5 Å². The van der Waals surface area contributed by atoms with Crippen LogP contribution in [0, 0.1) is 6.92 Å². The first-order valence-corrected chi connectivity index (χ1v) is 8.80. The van der Waals surface area contributed by atoms with E-state index in [1.54, 1.807) is 11.0 Å². The number of nitrogens with zero attached hydrogens (tertiary/aromatic N) is 4. The zero-order valence-corrected chi connectivity index (χ0v) is 14.7. The Morgan fingerprint density at radius 1 is 1.15 bits per heavy atom. The molecular weight excluding hydrogens is 326 g/mol. The van der Waals surface area contributed by atoms with Crippen molar-refractivity contribution in [3.8, 4) is 5.69 Å². The quantitative estimate of drug-likeness (QED) is 0.780. The van der Waals surface area contributed by atoms with Crippen LogP contribution in [0.25, 0.3) is 5.69 Å². The second-order valence-corrected chi connectivity index (χ2v) is 6.53. The normalized spacial score (nSPS) is 16.7. The molecule has 0 spiro atoms. The lowest BCUT2D eigenvalue weighted by Gasteiger charge is -2.26. The SMILES string of the molecule is Cc1ccccc1C1CCCN1C(=O)Nc1ccc(-n2cncn2)cc1. The second-order valence-electron chi connectivity index (χ2n) is 6.53. The predicted molar refractivity (Wildman–Crippen MR) is 100 cm³/mol. The van der Waals surface area contributed by atoms with Gasteiger partial charge >= 0.3 is 6.03 Å². The Morgan fingerprint density at radius 2 is 1.96 bits per heavy atom. The Kier molecular flexibility index (Phi) is 4.39. The van der Waals surface area contributed by atoms with Crippen LogP contribution in [0.1, 0.15) is 30.0 Å². The highest BCUT2D eigenvalue weighted by molar-refractivity contribution is 5.90. The summed E-state index contributed by atoms with van der Waals surface area (Å²) in [4.78, 5) is 18.7. The smallest absolute Gasteiger partial charge is 0.317 e. The van der Waals surface area contributed by atoms with Gasteiger partial charge in [-0.15, -0.1) is 0 Å². The van der Waals surface area contributed by atoms with Gasteiger partial charge in [-0.2, -0.15) is 5.10 Å². The summed E-state index contributed by atoms with van der Waals surface area (Å²) in [5.74, 6) is 0. The number of aryl methyl sites for hydroxylation is 1. The van der Waals surface area contributed by atoms with Gasteiger partial charge < -0.3 is 10.2 Å². The summed E-state index contributed by atoms with van der Waals surface area (Å²) in [6, 6.07) is 16.0. The molecule has 6 heteroatoms. The maximum Gasteiger partial charge on any atom is 0.322 e. The minimum absolute atomic E-state index is 0.0516. The molecule has 26 heavy (non-hydrogen) atoms. The molecule has 6 nitrogen and oxygen atoms in total. The maximum absolute atomic E-state index is 12.8. The third kappa shape index (κ3) is 3.18. The highest BCUT2D eigenvalue weighted by atomic mass is 16.2. The van der Waals surface area contributed by atoms with E-state index in [4.69, 9.17) is 0 Å². The van der Waals surface area contributed by atoms with E-state index in [1.807, 2.05) is 41.3 Å². The van der Waals surface area contributed by atoms with Crippen molar-refractivity contribution in [3.05, 3.63) is 72.3 Å². The fourth-order valence-corrected chi connectivity index (χ4v) is 3.53. The van der Waals surface area contributed by atoms with E-state index in [1.165, 1.54) is 17.5 Å². The molecule has 1 aromatic heterocycles. The summed E-state index contributed by atoms with van der Waals surface area (Å²) in [5, 5.41) is 7.12. The number of anilines is 1. The molecule has 2 heterocycles. The molecule has 3 aromatic rings. The van der Waals surface area contributed by atoms with Crippen molar-refractivity contribution in [2.75, 3.05) is 11.9 Å². The molecule has 0 saturated carbocycles. The molecule has 4 rings (SSSR count). The lowest BCUT2D eigenvalue weighted by molar-refractivity contribution is 0.207. The largest absolute Gasteiger partial charge is 0.322 e. The highest BCUT2D eigenvalue weighted by Gasteiger charge is 2.30. The van der Waals surface area contributed by atoms with Crippen LogP contribution in [-0.2, 0) is 0 Å². The monoisotopic (exact) mass is 347 g/mol. The van der Waals surface area contributed by atoms with Gasteiger partial charge in [0, 0.05) is 12.2 Å². The number of likely N-dealkylation sites (tertiary alicyclic amines) is 1. The Morgan fingerprint density at radius 3 is 2.69 bits per heavy atom. The standard InChI is InChI=1S/C20H21N5O/c1-15-5-2-3-6-18(15)19-7-4-12-24(19)20(26)23-16-8-10-17(11-9-16)25-14-21-13-22-25/h2-3,5-6,8-11,13-14,19H,4,7,12H2,1H3,(H,23,26). The Labute approximate surface area is 152 Å². The molecular formula is C20H21N5O. The lowest BCUT2D eigenvalue weighted by atomic mass is 9.99. The number of hydrogen-bond acceptors (Lipinski definition) is 3. The Hall–Kier alpha value is -3.15. The predicted octanol–water partition coefficient (Wildman–Crippen LogP) is 3.94. The number of carbonyl (C=O) groups is 1. The summed E-state index contributed by atoms with van der Waals surface area (Å²) >= 11 is 0. The van der Waals surface area contributed by atoms with E-state index in [9.17, 15) is 4.79 Å². The fourth-order valence-electron chi connectivity index (χ4n) is 3.53. The minimum atomic E-state index is -0.0516. The number of carbonyl (C=O) groups excluding carboxylic acids is 1. The van der Waals surface area contributed by atoms with Gasteiger partial charge in [0.2, 0.25) is 0 Å². The topological polar surface area (TPSA) is 63.1 Å². The number of hydrogen-bond donors (Lipinski definition) is 1. The van der Waals surface area contributed by atoms with E-state index in [0.29, 0.717) is 0 Å². The maximum atomic E-state index is 12.8. The van der Waals surface area contributed by atoms with E-state index in [0.717, 1.165) is 30.8 Å². The fraction of sp³-hybridized carbons (Fsp3) is 0.250. The Bertz CT molecular complexity index is 889. The van der Waals surface area contributed by atoms with Gasteiger partial charge in [-0.05, 0) is 55.2 Å². The molecule has 0 radical (unpaired) electrons. The third-order valence-corrected chi connectivity index (χ3v) is 4.86. The van der Waals surface area contributed by atoms with Crippen molar-refractivity contribution >= 4 is 11.7 Å². The van der Waals surface area contributed by atoms with Crippen LogP contribution in [0.2, 0.25) is 0 Å². The number of urea groups is 1. The summed E-state index contributed by atoms with van der Waals surface area (Å²) in [5.41, 5.74) is 4.14. The third-order valence-electron chi connectivity index (χ3n) is 4.86. The molecule has 0 bridgehead atoms. The summed E-state index contributed by atoms with van der Waals surface area (Å²) in [6.07, 6.45) is 5.17. The van der Waals surface area contributed by atoms with Gasteiger partial charge in [-0.25, -0.2) is 14.5 Å². The van der Waals surface area contributed by atoms with Crippen molar-refractivity contribution in [2.24, 2.45) is 0 Å². The molecule has 1 aliphatic rings. The van der Waals surface area contributed by atoms with E-state index < -0.39 is 0 Å². The van der Waals surface area contributed by atoms with E-state index >= 15 is 0 Å². The number of rotatable bonds is 3. The zero-order chi connectivity index (χ0) is 17.9. The van der Waals surface area contributed by atoms with Crippen molar-refractivity contribution in [2.45, 2.75) is 25.8 Å². The molecule has 1 atom stereocenters. The Balaban J connectivity index is 1.48. The van der Waals surface area contributed by atoms with Gasteiger partial charge in [0.25, 0.3) is 0 Å². The van der Waals surface area contributed by atoms with Crippen molar-refractivity contribution in [1.29, 1.82) is 0 Å². The van der Waals surface area contributed by atoms with Gasteiger partial charge in [-0.1, -0.05) is 24.3 Å². The molecule has 2 amide bonds. The molecule has 132 valence electrons. The molecule has 1 saturated heterocycles. The summed E-state index contributed by atoms with van der Waals surface area (Å²) < 4.78 is 1.68. The highest BCUT2D eigenvalue weighted by Crippen LogP contribution is 2.34. The van der Waals surface area contributed by atoms with Crippen molar-refractivity contribution in [1.82, 2.24) is 19.7 Å². The molecule has 1 unspecified atom stereocenters. The first-order valence-electron chi connectivity index (χ1n) is 8.80. The molecule has 0 aliphatic carbocycles. The first kappa shape index (κ1) is 16.3. The number of aromatic nitrogens is 3. The number of nitrogens with one attached hydrogen (secondary N) is 1. The zero-order valence-electron chi connectivity index (χ0n) is 14.7. The van der Waals surface area contributed by atoms with Crippen LogP contribution in [0.3, 0.4) is 0 Å². The van der Waals surface area contributed by atoms with Gasteiger partial charge in [0.15, 0.2) is 0 Å². The van der Waals surface area contributed by atoms with Crippen LogP contribution >= 0.6 is 0 Å². The number of amides is 2. The van der Waals surface area contributed by atoms with Crippen LogP contribution in [0.15, 0.2) is 61.2 Å². The molecule has 1 fully saturated rings. The first-order chi connectivity index (χ1) is 12.7. The van der Waals surface area contributed by atoms with Crippen LogP contribution < -0.4 is 5.32 Å². The summed E-state index contributed by atoms with van der Waals surface area (Å²) in [7, 11) is 0. The van der Waals surface area contributed by atoms with E-state index in [-0.39, 0.29) is 12.1 Å². The van der Waals surface area contributed by atoms with Crippen LogP contribution in [0.5, 0.6) is 0 Å². The molecule has 2 aromatic carbocycles. The average Bonchev–Trinajstić information content (AvgIpc) is 3.35. The average molecular weight is 347 g/mol. The van der Waals surface area contributed by atoms with Crippen LogP contribution in [-0.4, -0.2) is 32.2 Å². The minimum Gasteiger partial charge on any atom is -0.317 e. The molecule has 1 N–H and O–H groups in total. The summed E-state index contributed by atoms with van der Waals surface area (Å²) in [6.45, 7) is 2.88. The van der Waals surface area contributed by atoms with Gasteiger partial charge in [0.05, 0.1) is 11.7 Å². The van der Waals surface area contributed by atoms with Gasteiger partial charge in [0.1, 0.15) is 12.7 Å². The van der Waals surface area contributed by atoms with Crippen molar-refractivity contribution < 1.29 is 4.79 Å². The molecule has 1 aliphatic heterocycles. The second kappa shape index (κ2) is 7.00. The van der Waals surface area contributed by atoms with Gasteiger partial charge in [-0.3, -0.25) is 0 Å².